The van der Waals surface area contributed by atoms with Crippen LogP contribution in [0.3, 0.4) is 0 Å². The van der Waals surface area contributed by atoms with E-state index in [2.05, 4.69) is 43.3 Å². The second kappa shape index (κ2) is 4.05. The van der Waals surface area contributed by atoms with Crippen LogP contribution < -0.4 is 0 Å². The molecule has 2 aliphatic carbocycles. The summed E-state index contributed by atoms with van der Waals surface area (Å²) in [7, 11) is 0. The largest absolute Gasteiger partial charge is 0.298 e. The summed E-state index contributed by atoms with van der Waals surface area (Å²) in [5.74, 6) is 1.05. The van der Waals surface area contributed by atoms with Gasteiger partial charge in [-0.3, -0.25) is 4.79 Å². The van der Waals surface area contributed by atoms with Crippen LogP contribution in [0.1, 0.15) is 36.0 Å². The molecule has 20 heavy (non-hydrogen) atoms. The minimum atomic E-state index is -0.279. The molecule has 100 valence electrons. The van der Waals surface area contributed by atoms with Gasteiger partial charge in [-0.1, -0.05) is 61.5 Å². The molecule has 0 aromatic heterocycles. The number of hydrogen-bond donors (Lipinski definition) is 0. The van der Waals surface area contributed by atoms with Crippen LogP contribution in [0.25, 0.3) is 0 Å². The van der Waals surface area contributed by atoms with Gasteiger partial charge in [0.1, 0.15) is 5.78 Å². The molecule has 4 rings (SSSR count). The summed E-state index contributed by atoms with van der Waals surface area (Å²) >= 11 is 0. The zero-order valence-corrected chi connectivity index (χ0v) is 11.7. The fourth-order valence-corrected chi connectivity index (χ4v) is 4.49. The first kappa shape index (κ1) is 11.9. The van der Waals surface area contributed by atoms with Crippen LogP contribution in [0.2, 0.25) is 0 Å². The molecule has 1 saturated carbocycles. The van der Waals surface area contributed by atoms with E-state index in [0.29, 0.717) is 11.7 Å². The van der Waals surface area contributed by atoms with Gasteiger partial charge >= 0.3 is 0 Å². The maximum absolute atomic E-state index is 12.9. The number of fused-ring (bicyclic) bond motifs is 3. The van der Waals surface area contributed by atoms with E-state index >= 15 is 0 Å². The van der Waals surface area contributed by atoms with E-state index in [9.17, 15) is 4.79 Å². The summed E-state index contributed by atoms with van der Waals surface area (Å²) in [6.45, 7) is 2.15. The minimum absolute atomic E-state index is 0.215. The van der Waals surface area contributed by atoms with E-state index in [1.807, 2.05) is 18.2 Å². The fraction of sp³-hybridized carbons (Fsp3) is 0.316. The molecule has 0 amide bonds. The summed E-state index contributed by atoms with van der Waals surface area (Å²) in [6, 6.07) is 19.0. The lowest BCUT2D eigenvalue weighted by molar-refractivity contribution is -0.141. The average Bonchev–Trinajstić information content (AvgIpc) is 2.86. The summed E-state index contributed by atoms with van der Waals surface area (Å²) in [5.41, 5.74) is 3.70. The molecule has 0 bridgehead atoms. The Kier molecular flexibility index (Phi) is 2.41. The SMILES string of the molecule is CC[C@]1(c2ccccc2)C(=O)[C@@H]2Cc3ccccc3[C@@H]21. The highest BCUT2D eigenvalue weighted by Gasteiger charge is 2.64. The first-order valence-electron chi connectivity index (χ1n) is 7.46. The molecule has 0 N–H and O–H groups in total. The molecular weight excluding hydrogens is 244 g/mol. The second-order valence-electron chi connectivity index (χ2n) is 6.04. The number of hydrogen-bond acceptors (Lipinski definition) is 1. The normalized spacial score (nSPS) is 30.6. The maximum atomic E-state index is 12.9. The molecule has 1 nitrogen and oxygen atoms in total. The third-order valence-corrected chi connectivity index (χ3v) is 5.39. The molecule has 0 saturated heterocycles. The molecule has 0 spiro atoms. The third kappa shape index (κ3) is 1.26. The highest BCUT2D eigenvalue weighted by molar-refractivity contribution is 6.02. The van der Waals surface area contributed by atoms with Crippen LogP contribution in [0.5, 0.6) is 0 Å². The maximum Gasteiger partial charge on any atom is 0.148 e. The van der Waals surface area contributed by atoms with Gasteiger partial charge in [-0.2, -0.15) is 0 Å². The fourth-order valence-electron chi connectivity index (χ4n) is 4.49. The van der Waals surface area contributed by atoms with Crippen molar-refractivity contribution < 1.29 is 4.79 Å². The van der Waals surface area contributed by atoms with Crippen LogP contribution in [0, 0.1) is 5.92 Å². The van der Waals surface area contributed by atoms with Crippen LogP contribution >= 0.6 is 0 Å². The smallest absolute Gasteiger partial charge is 0.148 e. The van der Waals surface area contributed by atoms with Gasteiger partial charge in [0, 0.05) is 11.8 Å². The first-order chi connectivity index (χ1) is 9.79. The Balaban J connectivity index is 1.89. The van der Waals surface area contributed by atoms with Gasteiger partial charge < -0.3 is 0 Å². The van der Waals surface area contributed by atoms with Crippen molar-refractivity contribution >= 4 is 5.78 Å². The van der Waals surface area contributed by atoms with Crippen LogP contribution in [0.4, 0.5) is 0 Å². The lowest BCUT2D eigenvalue weighted by Crippen LogP contribution is -2.57. The highest BCUT2D eigenvalue weighted by Crippen LogP contribution is 2.62. The van der Waals surface area contributed by atoms with Gasteiger partial charge in [-0.25, -0.2) is 0 Å². The molecule has 0 aliphatic heterocycles. The quantitative estimate of drug-likeness (QED) is 0.803. The summed E-state index contributed by atoms with van der Waals surface area (Å²) in [6.07, 6.45) is 1.83. The standard InChI is InChI=1S/C19H18O/c1-2-19(14-9-4-3-5-10-14)17-15-11-7-6-8-13(15)12-16(17)18(19)20/h3-11,16-17H,2,12H2,1H3/t16-,17+,19-/m1/s1. The van der Waals surface area contributed by atoms with Gasteiger partial charge in [0.2, 0.25) is 0 Å². The van der Waals surface area contributed by atoms with Crippen molar-refractivity contribution in [3.63, 3.8) is 0 Å². The van der Waals surface area contributed by atoms with Crippen LogP contribution in [-0.4, -0.2) is 5.78 Å². The number of Topliss-reactive ketones (excluding diaryl/α,β-unsaturated/α-hetero) is 1. The van der Waals surface area contributed by atoms with Crippen molar-refractivity contribution in [2.75, 3.05) is 0 Å². The third-order valence-electron chi connectivity index (χ3n) is 5.39. The van der Waals surface area contributed by atoms with Crippen LogP contribution in [-0.2, 0) is 16.6 Å². The Hall–Kier alpha value is -1.89. The highest BCUT2D eigenvalue weighted by atomic mass is 16.1. The van der Waals surface area contributed by atoms with E-state index < -0.39 is 0 Å². The van der Waals surface area contributed by atoms with Gasteiger partial charge in [0.15, 0.2) is 0 Å². The zero-order valence-electron chi connectivity index (χ0n) is 11.7. The predicted molar refractivity (Wildman–Crippen MR) is 79.8 cm³/mol. The summed E-state index contributed by atoms with van der Waals surface area (Å²) < 4.78 is 0. The number of ketones is 1. The molecule has 2 aromatic carbocycles. The number of rotatable bonds is 2. The number of carbonyl (C=O) groups is 1. The van der Waals surface area contributed by atoms with E-state index in [0.717, 1.165) is 12.8 Å². The topological polar surface area (TPSA) is 17.1 Å². The molecule has 2 aromatic rings. The van der Waals surface area contributed by atoms with E-state index in [-0.39, 0.29) is 11.3 Å². The van der Waals surface area contributed by atoms with Gasteiger partial charge in [0.05, 0.1) is 5.41 Å². The van der Waals surface area contributed by atoms with Crippen LogP contribution in [0.15, 0.2) is 54.6 Å². The molecule has 0 radical (unpaired) electrons. The predicted octanol–water partition coefficient (Wildman–Crippen LogP) is 3.87. The second-order valence-corrected chi connectivity index (χ2v) is 6.04. The zero-order chi connectivity index (χ0) is 13.7. The molecule has 2 aliphatic rings. The Morgan fingerprint density at radius 3 is 2.50 bits per heavy atom. The summed E-state index contributed by atoms with van der Waals surface area (Å²) in [5, 5.41) is 0. The van der Waals surface area contributed by atoms with Crippen molar-refractivity contribution in [1.82, 2.24) is 0 Å². The van der Waals surface area contributed by atoms with E-state index in [1.54, 1.807) is 0 Å². The molecule has 0 unspecified atom stereocenters. The lowest BCUT2D eigenvalue weighted by atomic mass is 9.49. The minimum Gasteiger partial charge on any atom is -0.298 e. The molecule has 0 heterocycles. The Labute approximate surface area is 119 Å². The van der Waals surface area contributed by atoms with Crippen molar-refractivity contribution in [3.05, 3.63) is 71.3 Å². The number of carbonyl (C=O) groups excluding carboxylic acids is 1. The summed E-state index contributed by atoms with van der Waals surface area (Å²) in [4.78, 5) is 12.9. The van der Waals surface area contributed by atoms with Crippen molar-refractivity contribution in [1.29, 1.82) is 0 Å². The van der Waals surface area contributed by atoms with Gasteiger partial charge in [0.25, 0.3) is 0 Å². The van der Waals surface area contributed by atoms with Crippen molar-refractivity contribution in [2.24, 2.45) is 5.92 Å². The Morgan fingerprint density at radius 1 is 1.05 bits per heavy atom. The first-order valence-corrected chi connectivity index (χ1v) is 7.46. The van der Waals surface area contributed by atoms with Crippen molar-refractivity contribution in [2.45, 2.75) is 31.1 Å². The molecule has 3 atom stereocenters. The lowest BCUT2D eigenvalue weighted by Gasteiger charge is -2.51. The van der Waals surface area contributed by atoms with Gasteiger partial charge in [-0.15, -0.1) is 0 Å². The van der Waals surface area contributed by atoms with E-state index in [4.69, 9.17) is 0 Å². The number of benzene rings is 2. The van der Waals surface area contributed by atoms with Crippen molar-refractivity contribution in [3.8, 4) is 0 Å². The Bertz CT molecular complexity index is 673. The average molecular weight is 262 g/mol. The Morgan fingerprint density at radius 2 is 1.75 bits per heavy atom. The monoisotopic (exact) mass is 262 g/mol. The molecule has 1 heteroatoms. The molecule has 1 fully saturated rings. The molecular formula is C19H18O. The van der Waals surface area contributed by atoms with Gasteiger partial charge in [-0.05, 0) is 29.5 Å². The van der Waals surface area contributed by atoms with E-state index in [1.165, 1.54) is 16.7 Å².